The lowest BCUT2D eigenvalue weighted by Gasteiger charge is -2.26. The summed E-state index contributed by atoms with van der Waals surface area (Å²) in [5.41, 5.74) is -0.549. The summed E-state index contributed by atoms with van der Waals surface area (Å²) in [7, 11) is 0. The highest BCUT2D eigenvalue weighted by molar-refractivity contribution is 5.89. The molecular formula is C13H26ClN3O2. The zero-order valence-electron chi connectivity index (χ0n) is 11.9. The van der Waals surface area contributed by atoms with E-state index in [1.54, 1.807) is 0 Å². The Hall–Kier alpha value is -0.810. The molecular weight excluding hydrogens is 266 g/mol. The molecule has 6 heteroatoms. The minimum atomic E-state index is -0.549. The largest absolute Gasteiger partial charge is 0.356 e. The summed E-state index contributed by atoms with van der Waals surface area (Å²) >= 11 is 0. The Morgan fingerprint density at radius 2 is 1.79 bits per heavy atom. The molecule has 0 bridgehead atoms. The molecule has 0 saturated carbocycles. The number of rotatable bonds is 7. The molecule has 0 aromatic rings. The Morgan fingerprint density at radius 1 is 1.16 bits per heavy atom. The SMILES string of the molecule is CCCNC(=O)CC1(C(=O)NCCC)CCNC1.Cl. The summed E-state index contributed by atoms with van der Waals surface area (Å²) in [6.45, 7) is 6.80. The van der Waals surface area contributed by atoms with Crippen molar-refractivity contribution in [2.24, 2.45) is 5.41 Å². The van der Waals surface area contributed by atoms with Gasteiger partial charge in [-0.3, -0.25) is 9.59 Å². The molecule has 3 N–H and O–H groups in total. The van der Waals surface area contributed by atoms with Crippen LogP contribution in [0, 0.1) is 5.41 Å². The second-order valence-corrected chi connectivity index (χ2v) is 4.99. The molecule has 19 heavy (non-hydrogen) atoms. The van der Waals surface area contributed by atoms with Crippen molar-refractivity contribution in [2.45, 2.75) is 39.5 Å². The van der Waals surface area contributed by atoms with Gasteiger partial charge in [0.25, 0.3) is 0 Å². The predicted octanol–water partition coefficient (Wildman–Crippen LogP) is 0.830. The summed E-state index contributed by atoms with van der Waals surface area (Å²) in [6, 6.07) is 0. The van der Waals surface area contributed by atoms with Crippen molar-refractivity contribution < 1.29 is 9.59 Å². The first-order chi connectivity index (χ1) is 8.64. The molecule has 112 valence electrons. The van der Waals surface area contributed by atoms with Crippen molar-refractivity contribution in [1.82, 2.24) is 16.0 Å². The van der Waals surface area contributed by atoms with Gasteiger partial charge in [0.05, 0.1) is 5.41 Å². The van der Waals surface area contributed by atoms with Gasteiger partial charge in [0.15, 0.2) is 0 Å². The average Bonchev–Trinajstić information content (AvgIpc) is 2.83. The number of carbonyl (C=O) groups excluding carboxylic acids is 2. The molecule has 0 spiro atoms. The Bertz CT molecular complexity index is 292. The maximum atomic E-state index is 12.2. The summed E-state index contributed by atoms with van der Waals surface area (Å²) in [5.74, 6) is -0.00630. The molecule has 1 aliphatic heterocycles. The smallest absolute Gasteiger partial charge is 0.228 e. The van der Waals surface area contributed by atoms with Crippen LogP contribution in [0.4, 0.5) is 0 Å². The molecule has 0 aliphatic carbocycles. The van der Waals surface area contributed by atoms with E-state index in [1.807, 2.05) is 13.8 Å². The lowest BCUT2D eigenvalue weighted by molar-refractivity contribution is -0.135. The number of nitrogens with one attached hydrogen (secondary N) is 3. The Morgan fingerprint density at radius 3 is 2.32 bits per heavy atom. The summed E-state index contributed by atoms with van der Waals surface area (Å²) < 4.78 is 0. The molecule has 1 saturated heterocycles. The van der Waals surface area contributed by atoms with Crippen molar-refractivity contribution in [2.75, 3.05) is 26.2 Å². The Kier molecular flexibility index (Phi) is 8.76. The lowest BCUT2D eigenvalue weighted by atomic mass is 9.82. The van der Waals surface area contributed by atoms with E-state index in [4.69, 9.17) is 0 Å². The van der Waals surface area contributed by atoms with E-state index < -0.39 is 5.41 Å². The van der Waals surface area contributed by atoms with E-state index in [1.165, 1.54) is 0 Å². The number of amides is 2. The number of hydrogen-bond acceptors (Lipinski definition) is 3. The van der Waals surface area contributed by atoms with Crippen molar-refractivity contribution in [3.05, 3.63) is 0 Å². The van der Waals surface area contributed by atoms with E-state index in [-0.39, 0.29) is 30.6 Å². The highest BCUT2D eigenvalue weighted by Gasteiger charge is 2.42. The van der Waals surface area contributed by atoms with Crippen molar-refractivity contribution in [1.29, 1.82) is 0 Å². The Labute approximate surface area is 121 Å². The second kappa shape index (κ2) is 9.15. The summed E-state index contributed by atoms with van der Waals surface area (Å²) in [5, 5.41) is 8.96. The van der Waals surface area contributed by atoms with Crippen molar-refractivity contribution in [3.8, 4) is 0 Å². The third kappa shape index (κ3) is 5.37. The van der Waals surface area contributed by atoms with E-state index in [9.17, 15) is 9.59 Å². The van der Waals surface area contributed by atoms with Gasteiger partial charge in [-0.15, -0.1) is 12.4 Å². The Balaban J connectivity index is 0.00000324. The van der Waals surface area contributed by atoms with E-state index in [0.29, 0.717) is 19.6 Å². The van der Waals surface area contributed by atoms with Gasteiger partial charge in [-0.05, 0) is 25.8 Å². The average molecular weight is 292 g/mol. The molecule has 1 unspecified atom stereocenters. The molecule has 1 atom stereocenters. The van der Waals surface area contributed by atoms with E-state index in [0.717, 1.165) is 25.8 Å². The van der Waals surface area contributed by atoms with Crippen LogP contribution >= 0.6 is 12.4 Å². The van der Waals surface area contributed by atoms with Crippen LogP contribution in [0.2, 0.25) is 0 Å². The highest BCUT2D eigenvalue weighted by atomic mass is 35.5. The maximum Gasteiger partial charge on any atom is 0.228 e. The maximum absolute atomic E-state index is 12.2. The van der Waals surface area contributed by atoms with Crippen LogP contribution < -0.4 is 16.0 Å². The quantitative estimate of drug-likeness (QED) is 0.651. The number of hydrogen-bond donors (Lipinski definition) is 3. The van der Waals surface area contributed by atoms with Gasteiger partial charge in [-0.2, -0.15) is 0 Å². The fraction of sp³-hybridized carbons (Fsp3) is 0.846. The standard InChI is InChI=1S/C13H25N3O2.ClH/c1-3-6-15-11(17)9-13(5-8-14-10-13)12(18)16-7-4-2;/h14H,3-10H2,1-2H3,(H,15,17)(H,16,18);1H. The topological polar surface area (TPSA) is 70.2 Å². The van der Waals surface area contributed by atoms with Crippen LogP contribution in [0.5, 0.6) is 0 Å². The lowest BCUT2D eigenvalue weighted by Crippen LogP contribution is -2.46. The first-order valence-corrected chi connectivity index (χ1v) is 6.90. The molecule has 1 aliphatic rings. The number of halogens is 1. The first kappa shape index (κ1) is 18.2. The van der Waals surface area contributed by atoms with E-state index in [2.05, 4.69) is 16.0 Å². The van der Waals surface area contributed by atoms with Crippen LogP contribution in [0.3, 0.4) is 0 Å². The normalized spacial score (nSPS) is 21.6. The van der Waals surface area contributed by atoms with Gasteiger partial charge in [-0.1, -0.05) is 13.8 Å². The molecule has 0 aromatic heterocycles. The predicted molar refractivity (Wildman–Crippen MR) is 78.4 cm³/mol. The molecule has 1 rings (SSSR count). The van der Waals surface area contributed by atoms with Gasteiger partial charge in [0.2, 0.25) is 11.8 Å². The summed E-state index contributed by atoms with van der Waals surface area (Å²) in [4.78, 5) is 24.0. The minimum absolute atomic E-state index is 0. The zero-order chi connectivity index (χ0) is 13.4. The van der Waals surface area contributed by atoms with Gasteiger partial charge >= 0.3 is 0 Å². The van der Waals surface area contributed by atoms with Gasteiger partial charge in [0.1, 0.15) is 0 Å². The van der Waals surface area contributed by atoms with Gasteiger partial charge in [0, 0.05) is 26.1 Å². The van der Waals surface area contributed by atoms with Crippen LogP contribution in [0.25, 0.3) is 0 Å². The fourth-order valence-electron chi connectivity index (χ4n) is 2.23. The third-order valence-corrected chi connectivity index (χ3v) is 3.33. The monoisotopic (exact) mass is 291 g/mol. The van der Waals surface area contributed by atoms with Crippen LogP contribution in [0.15, 0.2) is 0 Å². The molecule has 0 aromatic carbocycles. The fourth-order valence-corrected chi connectivity index (χ4v) is 2.23. The first-order valence-electron chi connectivity index (χ1n) is 6.90. The van der Waals surface area contributed by atoms with Gasteiger partial charge < -0.3 is 16.0 Å². The zero-order valence-corrected chi connectivity index (χ0v) is 12.7. The highest BCUT2D eigenvalue weighted by Crippen LogP contribution is 2.29. The van der Waals surface area contributed by atoms with Crippen LogP contribution in [-0.4, -0.2) is 38.0 Å². The van der Waals surface area contributed by atoms with Crippen molar-refractivity contribution in [3.63, 3.8) is 0 Å². The number of carbonyl (C=O) groups is 2. The molecule has 2 amide bonds. The van der Waals surface area contributed by atoms with Crippen LogP contribution in [-0.2, 0) is 9.59 Å². The minimum Gasteiger partial charge on any atom is -0.356 e. The second-order valence-electron chi connectivity index (χ2n) is 4.99. The van der Waals surface area contributed by atoms with Crippen LogP contribution in [0.1, 0.15) is 39.5 Å². The van der Waals surface area contributed by atoms with Gasteiger partial charge in [-0.25, -0.2) is 0 Å². The molecule has 1 fully saturated rings. The van der Waals surface area contributed by atoms with E-state index >= 15 is 0 Å². The van der Waals surface area contributed by atoms with Crippen molar-refractivity contribution >= 4 is 24.2 Å². The molecule has 0 radical (unpaired) electrons. The molecule has 1 heterocycles. The third-order valence-electron chi connectivity index (χ3n) is 3.33. The molecule has 5 nitrogen and oxygen atoms in total. The summed E-state index contributed by atoms with van der Waals surface area (Å²) in [6.07, 6.45) is 2.86.